The van der Waals surface area contributed by atoms with Crippen molar-refractivity contribution in [3.63, 3.8) is 0 Å². The molecule has 0 amide bonds. The second kappa shape index (κ2) is 7.62. The predicted molar refractivity (Wildman–Crippen MR) is 66.0 cm³/mol. The number of nitrogens with two attached hydrogens (primary N) is 1. The van der Waals surface area contributed by atoms with Crippen molar-refractivity contribution in [2.45, 2.75) is 32.3 Å². The van der Waals surface area contributed by atoms with Crippen LogP contribution in [-0.2, 0) is 11.2 Å². The Bertz CT molecular complexity index is 341. The molecule has 1 atom stereocenters. The SMILES string of the molecule is CCC(C/C(N)=N/O)OCCc1ccccn1. The lowest BCUT2D eigenvalue weighted by atomic mass is 10.2. The molecule has 0 aliphatic rings. The van der Waals surface area contributed by atoms with Gasteiger partial charge in [-0.3, -0.25) is 4.98 Å². The van der Waals surface area contributed by atoms with Gasteiger partial charge in [-0.25, -0.2) is 0 Å². The van der Waals surface area contributed by atoms with Gasteiger partial charge in [0.25, 0.3) is 0 Å². The van der Waals surface area contributed by atoms with Gasteiger partial charge in [-0.1, -0.05) is 18.1 Å². The van der Waals surface area contributed by atoms with Crippen LogP contribution >= 0.6 is 0 Å². The molecule has 0 aromatic carbocycles. The van der Waals surface area contributed by atoms with Gasteiger partial charge in [-0.2, -0.15) is 0 Å². The third-order valence-corrected chi connectivity index (χ3v) is 2.46. The Hall–Kier alpha value is -1.62. The molecule has 0 radical (unpaired) electrons. The van der Waals surface area contributed by atoms with E-state index in [0.29, 0.717) is 13.0 Å². The van der Waals surface area contributed by atoms with E-state index in [4.69, 9.17) is 15.7 Å². The molecule has 17 heavy (non-hydrogen) atoms. The van der Waals surface area contributed by atoms with Crippen LogP contribution < -0.4 is 5.73 Å². The molecule has 0 fully saturated rings. The third-order valence-electron chi connectivity index (χ3n) is 2.46. The molecule has 0 aliphatic carbocycles. The Balaban J connectivity index is 2.29. The number of amidine groups is 1. The second-order valence-corrected chi connectivity index (χ2v) is 3.77. The number of hydrogen-bond donors (Lipinski definition) is 2. The van der Waals surface area contributed by atoms with E-state index >= 15 is 0 Å². The summed E-state index contributed by atoms with van der Waals surface area (Å²) >= 11 is 0. The Labute approximate surface area is 101 Å². The zero-order valence-corrected chi connectivity index (χ0v) is 10.0. The largest absolute Gasteiger partial charge is 0.409 e. The van der Waals surface area contributed by atoms with Crippen molar-refractivity contribution in [2.75, 3.05) is 6.61 Å². The number of pyridine rings is 1. The number of hydrogen-bond acceptors (Lipinski definition) is 4. The van der Waals surface area contributed by atoms with E-state index in [1.165, 1.54) is 0 Å². The van der Waals surface area contributed by atoms with Crippen LogP contribution in [0.5, 0.6) is 0 Å². The fraction of sp³-hybridized carbons (Fsp3) is 0.500. The average molecular weight is 237 g/mol. The summed E-state index contributed by atoms with van der Waals surface area (Å²) in [4.78, 5) is 4.21. The quantitative estimate of drug-likeness (QED) is 0.326. The maximum atomic E-state index is 8.48. The first kappa shape index (κ1) is 13.4. The molecule has 0 spiro atoms. The van der Waals surface area contributed by atoms with E-state index in [2.05, 4.69) is 10.1 Å². The maximum Gasteiger partial charge on any atom is 0.141 e. The van der Waals surface area contributed by atoms with Crippen molar-refractivity contribution in [2.24, 2.45) is 10.9 Å². The minimum absolute atomic E-state index is 0.00499. The summed E-state index contributed by atoms with van der Waals surface area (Å²) < 4.78 is 5.66. The van der Waals surface area contributed by atoms with Crippen molar-refractivity contribution >= 4 is 5.84 Å². The number of aromatic nitrogens is 1. The Morgan fingerprint density at radius 2 is 2.41 bits per heavy atom. The molecule has 1 rings (SSSR count). The summed E-state index contributed by atoms with van der Waals surface area (Å²) in [6.07, 6.45) is 3.82. The van der Waals surface area contributed by atoms with Gasteiger partial charge in [0.05, 0.1) is 12.7 Å². The highest BCUT2D eigenvalue weighted by Crippen LogP contribution is 2.05. The van der Waals surface area contributed by atoms with Gasteiger partial charge in [0, 0.05) is 24.7 Å². The third kappa shape index (κ3) is 5.31. The molecule has 1 heterocycles. The number of nitrogens with zero attached hydrogens (tertiary/aromatic N) is 2. The summed E-state index contributed by atoms with van der Waals surface area (Å²) in [5, 5.41) is 11.4. The van der Waals surface area contributed by atoms with Crippen LogP contribution in [0.3, 0.4) is 0 Å². The highest BCUT2D eigenvalue weighted by molar-refractivity contribution is 5.80. The number of oxime groups is 1. The summed E-state index contributed by atoms with van der Waals surface area (Å²) in [5.74, 6) is 0.203. The van der Waals surface area contributed by atoms with Gasteiger partial charge in [0.15, 0.2) is 0 Å². The zero-order chi connectivity index (χ0) is 12.5. The number of rotatable bonds is 7. The molecule has 3 N–H and O–H groups in total. The van der Waals surface area contributed by atoms with Crippen LogP contribution in [0, 0.1) is 0 Å². The van der Waals surface area contributed by atoms with Crippen molar-refractivity contribution in [3.8, 4) is 0 Å². The Kier molecular flexibility index (Phi) is 6.03. The predicted octanol–water partition coefficient (Wildman–Crippen LogP) is 1.56. The molecule has 0 bridgehead atoms. The van der Waals surface area contributed by atoms with Crippen LogP contribution in [0.25, 0.3) is 0 Å². The van der Waals surface area contributed by atoms with Crippen LogP contribution in [0.1, 0.15) is 25.5 Å². The zero-order valence-electron chi connectivity index (χ0n) is 10.0. The molecular weight excluding hydrogens is 218 g/mol. The summed E-state index contributed by atoms with van der Waals surface area (Å²) in [6.45, 7) is 2.60. The van der Waals surface area contributed by atoms with Crippen LogP contribution in [-0.4, -0.2) is 28.7 Å². The molecule has 0 saturated carbocycles. The molecule has 0 aliphatic heterocycles. The highest BCUT2D eigenvalue weighted by Gasteiger charge is 2.09. The minimum Gasteiger partial charge on any atom is -0.409 e. The highest BCUT2D eigenvalue weighted by atomic mass is 16.5. The second-order valence-electron chi connectivity index (χ2n) is 3.77. The first-order chi connectivity index (χ1) is 8.26. The van der Waals surface area contributed by atoms with Gasteiger partial charge in [-0.15, -0.1) is 0 Å². The van der Waals surface area contributed by atoms with E-state index < -0.39 is 0 Å². The van der Waals surface area contributed by atoms with E-state index in [-0.39, 0.29) is 11.9 Å². The molecule has 5 nitrogen and oxygen atoms in total. The van der Waals surface area contributed by atoms with E-state index in [0.717, 1.165) is 18.5 Å². The van der Waals surface area contributed by atoms with E-state index in [1.54, 1.807) is 6.20 Å². The Morgan fingerprint density at radius 3 is 3.00 bits per heavy atom. The smallest absolute Gasteiger partial charge is 0.141 e. The Morgan fingerprint density at radius 1 is 1.59 bits per heavy atom. The molecule has 5 heteroatoms. The van der Waals surface area contributed by atoms with E-state index in [1.807, 2.05) is 25.1 Å². The lowest BCUT2D eigenvalue weighted by molar-refractivity contribution is 0.0568. The van der Waals surface area contributed by atoms with Crippen molar-refractivity contribution in [1.29, 1.82) is 0 Å². The lowest BCUT2D eigenvalue weighted by Crippen LogP contribution is -2.23. The van der Waals surface area contributed by atoms with Gasteiger partial charge in [0.2, 0.25) is 0 Å². The molecule has 1 aromatic rings. The summed E-state index contributed by atoms with van der Waals surface area (Å²) in [6, 6.07) is 5.81. The first-order valence-corrected chi connectivity index (χ1v) is 5.74. The topological polar surface area (TPSA) is 80.7 Å². The van der Waals surface area contributed by atoms with Gasteiger partial charge >= 0.3 is 0 Å². The van der Waals surface area contributed by atoms with E-state index in [9.17, 15) is 0 Å². The standard InChI is InChI=1S/C12H19N3O2/c1-2-11(9-12(13)15-16)17-8-6-10-5-3-4-7-14-10/h3-5,7,11,16H,2,6,8-9H2,1H3,(H2,13,15). The van der Waals surface area contributed by atoms with Gasteiger partial charge in [0.1, 0.15) is 5.84 Å². The first-order valence-electron chi connectivity index (χ1n) is 5.74. The summed E-state index contributed by atoms with van der Waals surface area (Å²) in [5.41, 5.74) is 6.45. The van der Waals surface area contributed by atoms with Gasteiger partial charge in [-0.05, 0) is 18.6 Å². The molecule has 1 unspecified atom stereocenters. The van der Waals surface area contributed by atoms with Gasteiger partial charge < -0.3 is 15.7 Å². The van der Waals surface area contributed by atoms with Crippen LogP contribution in [0.4, 0.5) is 0 Å². The molecular formula is C12H19N3O2. The maximum absolute atomic E-state index is 8.48. The van der Waals surface area contributed by atoms with Crippen molar-refractivity contribution in [1.82, 2.24) is 4.98 Å². The number of ether oxygens (including phenoxy) is 1. The minimum atomic E-state index is -0.00499. The van der Waals surface area contributed by atoms with Crippen LogP contribution in [0.15, 0.2) is 29.6 Å². The normalized spacial score (nSPS) is 13.6. The monoisotopic (exact) mass is 237 g/mol. The summed E-state index contributed by atoms with van der Waals surface area (Å²) in [7, 11) is 0. The lowest BCUT2D eigenvalue weighted by Gasteiger charge is -2.14. The fourth-order valence-corrected chi connectivity index (χ4v) is 1.47. The molecule has 0 saturated heterocycles. The molecule has 1 aromatic heterocycles. The van der Waals surface area contributed by atoms with Crippen LogP contribution in [0.2, 0.25) is 0 Å². The average Bonchev–Trinajstić information content (AvgIpc) is 2.38. The molecule has 94 valence electrons. The van der Waals surface area contributed by atoms with Crippen molar-refractivity contribution in [3.05, 3.63) is 30.1 Å². The fourth-order valence-electron chi connectivity index (χ4n) is 1.47. The van der Waals surface area contributed by atoms with Crippen molar-refractivity contribution < 1.29 is 9.94 Å².